The van der Waals surface area contributed by atoms with Gasteiger partial charge in [0.05, 0.1) is 12.1 Å². The van der Waals surface area contributed by atoms with Crippen LogP contribution in [0.5, 0.6) is 0 Å². The molecule has 1 aliphatic rings. The number of hydrogen-bond donors (Lipinski definition) is 1. The Morgan fingerprint density at radius 3 is 1.71 bits per heavy atom. The van der Waals surface area contributed by atoms with E-state index < -0.39 is 0 Å². The van der Waals surface area contributed by atoms with Crippen molar-refractivity contribution in [3.63, 3.8) is 0 Å². The summed E-state index contributed by atoms with van der Waals surface area (Å²) in [6.07, 6.45) is 0. The molecular formula is C25H28N2O. The van der Waals surface area contributed by atoms with Crippen molar-refractivity contribution in [2.24, 2.45) is 0 Å². The Morgan fingerprint density at radius 1 is 0.821 bits per heavy atom. The van der Waals surface area contributed by atoms with Crippen molar-refractivity contribution in [1.82, 2.24) is 10.2 Å². The van der Waals surface area contributed by atoms with E-state index in [0.717, 1.165) is 19.6 Å². The number of methoxy groups -OCH3 is 1. The molecule has 0 spiro atoms. The van der Waals surface area contributed by atoms with Crippen LogP contribution in [0.4, 0.5) is 0 Å². The van der Waals surface area contributed by atoms with E-state index in [4.69, 9.17) is 4.74 Å². The zero-order chi connectivity index (χ0) is 19.2. The van der Waals surface area contributed by atoms with Gasteiger partial charge >= 0.3 is 0 Å². The topological polar surface area (TPSA) is 24.5 Å². The molecule has 28 heavy (non-hydrogen) atoms. The smallest absolute Gasteiger partial charge is 0.0973 e. The van der Waals surface area contributed by atoms with Gasteiger partial charge in [-0.3, -0.25) is 4.90 Å². The molecule has 3 aromatic rings. The van der Waals surface area contributed by atoms with Gasteiger partial charge in [0, 0.05) is 32.8 Å². The molecule has 0 unspecified atom stereocenters. The summed E-state index contributed by atoms with van der Waals surface area (Å²) in [6.45, 7) is 3.55. The average molecular weight is 373 g/mol. The maximum absolute atomic E-state index is 5.47. The predicted octanol–water partition coefficient (Wildman–Crippen LogP) is 3.90. The van der Waals surface area contributed by atoms with E-state index in [1.807, 2.05) is 0 Å². The Bertz CT molecular complexity index is 753. The predicted molar refractivity (Wildman–Crippen MR) is 114 cm³/mol. The molecule has 1 saturated heterocycles. The van der Waals surface area contributed by atoms with Crippen LogP contribution in [0, 0.1) is 0 Å². The highest BCUT2D eigenvalue weighted by Gasteiger charge is 2.43. The summed E-state index contributed by atoms with van der Waals surface area (Å²) in [4.78, 5) is 2.62. The van der Waals surface area contributed by atoms with Gasteiger partial charge in [-0.05, 0) is 16.7 Å². The maximum Gasteiger partial charge on any atom is 0.0973 e. The lowest BCUT2D eigenvalue weighted by Gasteiger charge is -2.49. The third-order valence-corrected chi connectivity index (χ3v) is 5.67. The molecule has 0 radical (unpaired) electrons. The molecule has 1 atom stereocenters. The first-order valence-electron chi connectivity index (χ1n) is 9.99. The Morgan fingerprint density at radius 2 is 1.29 bits per heavy atom. The monoisotopic (exact) mass is 372 g/mol. The summed E-state index contributed by atoms with van der Waals surface area (Å²) in [7, 11) is 1.78. The second kappa shape index (κ2) is 8.70. The fraction of sp³-hybridized carbons (Fsp3) is 0.280. The molecule has 1 aliphatic heterocycles. The molecule has 0 aliphatic carbocycles. The Labute approximate surface area is 168 Å². The van der Waals surface area contributed by atoms with Crippen LogP contribution in [0.1, 0.15) is 16.7 Å². The van der Waals surface area contributed by atoms with Crippen molar-refractivity contribution in [3.05, 3.63) is 108 Å². The van der Waals surface area contributed by atoms with Gasteiger partial charge in [0.25, 0.3) is 0 Å². The largest absolute Gasteiger partial charge is 0.383 e. The lowest BCUT2D eigenvalue weighted by Crippen LogP contribution is -2.60. The molecule has 0 amide bonds. The molecule has 3 heteroatoms. The fourth-order valence-electron chi connectivity index (χ4n) is 4.53. The third-order valence-electron chi connectivity index (χ3n) is 5.67. The first kappa shape index (κ1) is 18.9. The van der Waals surface area contributed by atoms with E-state index in [0.29, 0.717) is 12.6 Å². The molecule has 3 aromatic carbocycles. The normalized spacial score (nSPS) is 18.1. The van der Waals surface area contributed by atoms with Crippen LogP contribution in [-0.2, 0) is 10.3 Å². The van der Waals surface area contributed by atoms with Crippen LogP contribution >= 0.6 is 0 Å². The fourth-order valence-corrected chi connectivity index (χ4v) is 4.53. The SMILES string of the molecule is COC[C@H]1CN(C(c2ccccc2)(c2ccccc2)c2ccccc2)CCN1. The summed E-state index contributed by atoms with van der Waals surface area (Å²) in [5, 5.41) is 3.61. The van der Waals surface area contributed by atoms with Crippen molar-refractivity contribution in [1.29, 1.82) is 0 Å². The summed E-state index contributed by atoms with van der Waals surface area (Å²) in [5.74, 6) is 0. The van der Waals surface area contributed by atoms with Crippen LogP contribution in [-0.4, -0.2) is 44.3 Å². The number of nitrogens with one attached hydrogen (secondary N) is 1. The minimum Gasteiger partial charge on any atom is -0.383 e. The van der Waals surface area contributed by atoms with Gasteiger partial charge in [-0.25, -0.2) is 0 Å². The zero-order valence-corrected chi connectivity index (χ0v) is 16.4. The highest BCUT2D eigenvalue weighted by atomic mass is 16.5. The van der Waals surface area contributed by atoms with E-state index in [9.17, 15) is 0 Å². The number of nitrogens with zero attached hydrogens (tertiary/aromatic N) is 1. The molecule has 1 N–H and O–H groups in total. The van der Waals surface area contributed by atoms with Gasteiger partial charge in [0.15, 0.2) is 0 Å². The van der Waals surface area contributed by atoms with E-state index in [1.54, 1.807) is 7.11 Å². The van der Waals surface area contributed by atoms with Crippen LogP contribution in [0.15, 0.2) is 91.0 Å². The van der Waals surface area contributed by atoms with Crippen molar-refractivity contribution in [2.45, 2.75) is 11.6 Å². The summed E-state index contributed by atoms with van der Waals surface area (Å²) < 4.78 is 5.47. The average Bonchev–Trinajstić information content (AvgIpc) is 2.77. The van der Waals surface area contributed by atoms with Crippen molar-refractivity contribution in [2.75, 3.05) is 33.4 Å². The third kappa shape index (κ3) is 3.49. The second-order valence-corrected chi connectivity index (χ2v) is 7.36. The number of piperazine rings is 1. The standard InChI is InChI=1S/C25H28N2O/c1-28-20-24-19-27(18-17-26-24)25(21-11-5-2-6-12-21,22-13-7-3-8-14-22)23-15-9-4-10-16-23/h2-16,24,26H,17-20H2,1H3/t24-/m1/s1. The molecular weight excluding hydrogens is 344 g/mol. The second-order valence-electron chi connectivity index (χ2n) is 7.36. The van der Waals surface area contributed by atoms with Crippen LogP contribution in [0.3, 0.4) is 0 Å². The Balaban J connectivity index is 1.93. The van der Waals surface area contributed by atoms with Crippen molar-refractivity contribution in [3.8, 4) is 0 Å². The lowest BCUT2D eigenvalue weighted by molar-refractivity contribution is 0.0735. The molecule has 3 nitrogen and oxygen atoms in total. The quantitative estimate of drug-likeness (QED) is 0.664. The van der Waals surface area contributed by atoms with E-state index in [2.05, 4.69) is 101 Å². The summed E-state index contributed by atoms with van der Waals surface area (Å²) >= 11 is 0. The highest BCUT2D eigenvalue weighted by Crippen LogP contribution is 2.42. The van der Waals surface area contributed by atoms with Gasteiger partial charge in [-0.15, -0.1) is 0 Å². The number of rotatable bonds is 6. The van der Waals surface area contributed by atoms with Crippen molar-refractivity contribution < 1.29 is 4.74 Å². The number of ether oxygens (including phenoxy) is 1. The number of benzene rings is 3. The van der Waals surface area contributed by atoms with E-state index in [-0.39, 0.29) is 5.54 Å². The highest BCUT2D eigenvalue weighted by molar-refractivity contribution is 5.49. The van der Waals surface area contributed by atoms with E-state index in [1.165, 1.54) is 16.7 Å². The molecule has 1 heterocycles. The van der Waals surface area contributed by atoms with Crippen LogP contribution in [0.25, 0.3) is 0 Å². The molecule has 144 valence electrons. The molecule has 4 rings (SSSR count). The zero-order valence-electron chi connectivity index (χ0n) is 16.4. The lowest BCUT2D eigenvalue weighted by atomic mass is 9.75. The Kier molecular flexibility index (Phi) is 5.87. The molecule has 1 fully saturated rings. The van der Waals surface area contributed by atoms with Gasteiger partial charge in [0.2, 0.25) is 0 Å². The van der Waals surface area contributed by atoms with Gasteiger partial charge < -0.3 is 10.1 Å². The molecule has 0 saturated carbocycles. The van der Waals surface area contributed by atoms with Gasteiger partial charge in [0.1, 0.15) is 0 Å². The maximum atomic E-state index is 5.47. The van der Waals surface area contributed by atoms with Gasteiger partial charge in [-0.1, -0.05) is 91.0 Å². The van der Waals surface area contributed by atoms with Gasteiger partial charge in [-0.2, -0.15) is 0 Å². The molecule has 0 aromatic heterocycles. The minimum atomic E-state index is -0.335. The summed E-state index contributed by atoms with van der Waals surface area (Å²) in [5.41, 5.74) is 3.55. The van der Waals surface area contributed by atoms with Crippen LogP contribution in [0.2, 0.25) is 0 Å². The first-order valence-corrected chi connectivity index (χ1v) is 9.99. The van der Waals surface area contributed by atoms with Crippen molar-refractivity contribution >= 4 is 0 Å². The van der Waals surface area contributed by atoms with Crippen LogP contribution < -0.4 is 5.32 Å². The minimum absolute atomic E-state index is 0.314. The molecule has 0 bridgehead atoms. The Hall–Kier alpha value is -2.46. The van der Waals surface area contributed by atoms with E-state index >= 15 is 0 Å². The summed E-state index contributed by atoms with van der Waals surface area (Å²) in [6, 6.07) is 33.0. The number of hydrogen-bond acceptors (Lipinski definition) is 3. The first-order chi connectivity index (χ1) is 13.9.